The van der Waals surface area contributed by atoms with Gasteiger partial charge in [0.2, 0.25) is 5.90 Å². The van der Waals surface area contributed by atoms with E-state index in [-0.39, 0.29) is 0 Å². The normalized spacial score (nSPS) is 14.4. The molecule has 42 heavy (non-hydrogen) atoms. The molecule has 4 aromatic rings. The molecular weight excluding hydrogens is 538 g/mol. The molecule has 4 nitrogen and oxygen atoms in total. The Morgan fingerprint density at radius 3 is 1.95 bits per heavy atom. The van der Waals surface area contributed by atoms with Crippen LogP contribution < -0.4 is 9.47 Å². The van der Waals surface area contributed by atoms with E-state index in [0.717, 1.165) is 71.2 Å². The van der Waals surface area contributed by atoms with Crippen molar-refractivity contribution in [3.8, 4) is 11.5 Å². The lowest BCUT2D eigenvalue weighted by Gasteiger charge is -2.43. The van der Waals surface area contributed by atoms with E-state index in [1.165, 1.54) is 49.7 Å². The summed E-state index contributed by atoms with van der Waals surface area (Å²) in [5.74, 6) is 2.50. The minimum absolute atomic E-state index is 0.662. The SMILES string of the molecule is CCCCCCOc1ccc2c(c1)Cc1cc(OCCCCCC)ccc1C21OC(c2cccs2)=Nc2ccccc21. The molecule has 0 fully saturated rings. The highest BCUT2D eigenvalue weighted by Gasteiger charge is 2.49. The molecule has 1 aliphatic carbocycles. The number of benzene rings is 3. The molecule has 0 saturated carbocycles. The Morgan fingerprint density at radius 2 is 1.36 bits per heavy atom. The Morgan fingerprint density at radius 1 is 0.714 bits per heavy atom. The topological polar surface area (TPSA) is 40.0 Å². The second kappa shape index (κ2) is 13.2. The van der Waals surface area contributed by atoms with Crippen LogP contribution in [0.5, 0.6) is 11.5 Å². The number of rotatable bonds is 13. The second-order valence-corrected chi connectivity index (χ2v) is 12.3. The van der Waals surface area contributed by atoms with E-state index in [9.17, 15) is 0 Å². The predicted octanol–water partition coefficient (Wildman–Crippen LogP) is 9.97. The average molecular weight is 580 g/mol. The van der Waals surface area contributed by atoms with E-state index in [1.54, 1.807) is 11.3 Å². The lowest BCUT2D eigenvalue weighted by atomic mass is 9.70. The Hall–Kier alpha value is -3.57. The summed E-state index contributed by atoms with van der Waals surface area (Å²) in [7, 11) is 0. The van der Waals surface area contributed by atoms with Crippen LogP contribution in [0.4, 0.5) is 5.69 Å². The van der Waals surface area contributed by atoms with Crippen LogP contribution in [0.25, 0.3) is 0 Å². The molecule has 1 aromatic heterocycles. The lowest BCUT2D eigenvalue weighted by Crippen LogP contribution is -2.41. The third-order valence-electron chi connectivity index (χ3n) is 8.31. The van der Waals surface area contributed by atoms with Crippen LogP contribution in [0.2, 0.25) is 0 Å². The van der Waals surface area contributed by atoms with E-state index in [2.05, 4.69) is 92.0 Å². The number of nitrogens with zero attached hydrogens (tertiary/aromatic N) is 1. The Labute approximate surface area is 254 Å². The first kappa shape index (κ1) is 28.5. The molecule has 2 heterocycles. The van der Waals surface area contributed by atoms with E-state index in [4.69, 9.17) is 19.2 Å². The van der Waals surface area contributed by atoms with Gasteiger partial charge in [-0.2, -0.15) is 0 Å². The summed E-state index contributed by atoms with van der Waals surface area (Å²) in [6.07, 6.45) is 10.3. The molecule has 0 atom stereocenters. The smallest absolute Gasteiger partial charge is 0.233 e. The summed E-state index contributed by atoms with van der Waals surface area (Å²) >= 11 is 1.65. The molecule has 0 bridgehead atoms. The quantitative estimate of drug-likeness (QED) is 0.148. The fourth-order valence-electron chi connectivity index (χ4n) is 6.19. The van der Waals surface area contributed by atoms with Crippen molar-refractivity contribution in [2.24, 2.45) is 4.99 Å². The molecule has 218 valence electrons. The van der Waals surface area contributed by atoms with E-state index in [0.29, 0.717) is 5.90 Å². The summed E-state index contributed by atoms with van der Waals surface area (Å²) in [6, 6.07) is 25.6. The van der Waals surface area contributed by atoms with Gasteiger partial charge in [0.15, 0.2) is 5.60 Å². The first-order valence-electron chi connectivity index (χ1n) is 15.7. The average Bonchev–Trinajstić information content (AvgIpc) is 3.56. The highest BCUT2D eigenvalue weighted by molar-refractivity contribution is 7.12. The second-order valence-electron chi connectivity index (χ2n) is 11.3. The summed E-state index contributed by atoms with van der Waals surface area (Å²) in [6.45, 7) is 5.96. The zero-order valence-corrected chi connectivity index (χ0v) is 25.7. The Bertz CT molecular complexity index is 1460. The Balaban J connectivity index is 1.41. The maximum Gasteiger partial charge on any atom is 0.233 e. The fourth-order valence-corrected chi connectivity index (χ4v) is 6.84. The van der Waals surface area contributed by atoms with E-state index >= 15 is 0 Å². The number of hydrogen-bond acceptors (Lipinski definition) is 5. The number of fused-ring (bicyclic) bond motifs is 6. The van der Waals surface area contributed by atoms with Gasteiger partial charge in [-0.05, 0) is 72.2 Å². The largest absolute Gasteiger partial charge is 0.494 e. The minimum atomic E-state index is -0.820. The molecule has 3 aromatic carbocycles. The molecule has 0 saturated heterocycles. The van der Waals surface area contributed by atoms with Crippen molar-refractivity contribution in [1.29, 1.82) is 0 Å². The van der Waals surface area contributed by atoms with Crippen LogP contribution in [-0.2, 0) is 16.8 Å². The maximum absolute atomic E-state index is 7.15. The zero-order valence-electron chi connectivity index (χ0n) is 24.9. The fraction of sp³-hybridized carbons (Fsp3) is 0.378. The molecule has 6 rings (SSSR count). The highest BCUT2D eigenvalue weighted by Crippen LogP contribution is 2.53. The van der Waals surface area contributed by atoms with Crippen molar-refractivity contribution < 1.29 is 14.2 Å². The maximum atomic E-state index is 7.15. The zero-order chi connectivity index (χ0) is 28.8. The third-order valence-corrected chi connectivity index (χ3v) is 9.17. The van der Waals surface area contributed by atoms with Gasteiger partial charge in [-0.3, -0.25) is 0 Å². The van der Waals surface area contributed by atoms with Crippen LogP contribution in [-0.4, -0.2) is 19.1 Å². The van der Waals surface area contributed by atoms with Gasteiger partial charge < -0.3 is 14.2 Å². The standard InChI is InChI=1S/C37H41NO3S/c1-3-5-7-11-21-39-29-17-19-31-27(25-29)24-28-26-30(40-22-12-8-6-4-2)18-20-32(28)37(31)33-14-9-10-15-34(33)38-36(41-37)35-16-13-23-42-35/h9-10,13-20,23,25-26H,3-8,11-12,21-22,24H2,1-2H3. The van der Waals surface area contributed by atoms with Crippen molar-refractivity contribution in [3.05, 3.63) is 111 Å². The number of para-hydroxylation sites is 1. The molecule has 0 N–H and O–H groups in total. The van der Waals surface area contributed by atoms with Crippen LogP contribution in [0.3, 0.4) is 0 Å². The van der Waals surface area contributed by atoms with Gasteiger partial charge in [0.1, 0.15) is 11.5 Å². The first-order chi connectivity index (χ1) is 20.7. The number of hydrogen-bond donors (Lipinski definition) is 0. The van der Waals surface area contributed by atoms with Crippen LogP contribution in [0.1, 0.15) is 97.9 Å². The van der Waals surface area contributed by atoms with Crippen LogP contribution in [0.15, 0.2) is 83.2 Å². The number of unbranched alkanes of at least 4 members (excludes halogenated alkanes) is 6. The van der Waals surface area contributed by atoms with E-state index in [1.807, 2.05) is 0 Å². The molecule has 0 amide bonds. The molecule has 1 aliphatic heterocycles. The van der Waals surface area contributed by atoms with Gasteiger partial charge in [-0.1, -0.05) is 88.8 Å². The number of thiophene rings is 1. The number of aliphatic imine (C=N–C) groups is 1. The van der Waals surface area contributed by atoms with Crippen molar-refractivity contribution in [2.45, 2.75) is 77.2 Å². The first-order valence-corrected chi connectivity index (χ1v) is 16.5. The van der Waals surface area contributed by atoms with Gasteiger partial charge in [0, 0.05) is 16.7 Å². The van der Waals surface area contributed by atoms with E-state index < -0.39 is 5.60 Å². The van der Waals surface area contributed by atoms with Gasteiger partial charge >= 0.3 is 0 Å². The summed E-state index contributed by atoms with van der Waals surface area (Å²) < 4.78 is 19.7. The molecule has 0 unspecified atom stereocenters. The molecule has 5 heteroatoms. The summed E-state index contributed by atoms with van der Waals surface area (Å²) in [5.41, 5.74) is 5.93. The predicted molar refractivity (Wildman–Crippen MR) is 173 cm³/mol. The molecule has 0 radical (unpaired) electrons. The van der Waals surface area contributed by atoms with Gasteiger partial charge in [0.05, 0.1) is 23.8 Å². The van der Waals surface area contributed by atoms with Crippen LogP contribution >= 0.6 is 11.3 Å². The van der Waals surface area contributed by atoms with Crippen molar-refractivity contribution in [1.82, 2.24) is 0 Å². The summed E-state index contributed by atoms with van der Waals surface area (Å²) in [5, 5.41) is 2.07. The Kier molecular flexibility index (Phi) is 8.95. The molecular formula is C37H41NO3S. The highest BCUT2D eigenvalue weighted by atomic mass is 32.1. The molecule has 1 spiro atoms. The van der Waals surface area contributed by atoms with Gasteiger partial charge in [-0.25, -0.2) is 4.99 Å². The lowest BCUT2D eigenvalue weighted by molar-refractivity contribution is 0.133. The van der Waals surface area contributed by atoms with Crippen molar-refractivity contribution >= 4 is 22.9 Å². The van der Waals surface area contributed by atoms with Crippen LogP contribution in [0, 0.1) is 0 Å². The minimum Gasteiger partial charge on any atom is -0.494 e. The van der Waals surface area contributed by atoms with Crippen molar-refractivity contribution in [2.75, 3.05) is 13.2 Å². The number of ether oxygens (including phenoxy) is 3. The van der Waals surface area contributed by atoms with Gasteiger partial charge in [-0.15, -0.1) is 11.3 Å². The third kappa shape index (κ3) is 5.72. The van der Waals surface area contributed by atoms with Crippen molar-refractivity contribution in [3.63, 3.8) is 0 Å². The van der Waals surface area contributed by atoms with Gasteiger partial charge in [0.25, 0.3) is 0 Å². The molecule has 2 aliphatic rings. The summed E-state index contributed by atoms with van der Waals surface area (Å²) in [4.78, 5) is 6.03. The monoisotopic (exact) mass is 579 g/mol.